The highest BCUT2D eigenvalue weighted by molar-refractivity contribution is 7.91. The van der Waals surface area contributed by atoms with Gasteiger partial charge in [0.1, 0.15) is 4.21 Å². The first-order valence-electron chi connectivity index (χ1n) is 10.4. The van der Waals surface area contributed by atoms with Crippen molar-refractivity contribution in [3.8, 4) is 0 Å². The lowest BCUT2D eigenvalue weighted by molar-refractivity contribution is -0.138. The van der Waals surface area contributed by atoms with E-state index in [2.05, 4.69) is 0 Å². The highest BCUT2D eigenvalue weighted by atomic mass is 32.2. The largest absolute Gasteiger partial charge is 0.334 e. The summed E-state index contributed by atoms with van der Waals surface area (Å²) >= 11 is 1.22. The first-order chi connectivity index (χ1) is 15.0. The van der Waals surface area contributed by atoms with Gasteiger partial charge in [0.15, 0.2) is 0 Å². The minimum atomic E-state index is -3.55. The van der Waals surface area contributed by atoms with Gasteiger partial charge < -0.3 is 4.90 Å². The summed E-state index contributed by atoms with van der Waals surface area (Å²) in [7, 11) is -3.55. The normalized spacial score (nSPS) is 17.4. The summed E-state index contributed by atoms with van der Waals surface area (Å²) in [6.07, 6.45) is 1.39. The summed E-state index contributed by atoms with van der Waals surface area (Å²) in [6.45, 7) is 1.70. The molecule has 0 N–H and O–H groups in total. The van der Waals surface area contributed by atoms with E-state index in [-0.39, 0.29) is 18.4 Å². The smallest absolute Gasteiger partial charge is 0.252 e. The molecule has 1 saturated heterocycles. The van der Waals surface area contributed by atoms with Crippen molar-refractivity contribution in [3.63, 3.8) is 0 Å². The lowest BCUT2D eigenvalue weighted by Crippen LogP contribution is -2.46. The van der Waals surface area contributed by atoms with Crippen LogP contribution in [-0.4, -0.2) is 36.6 Å². The zero-order chi connectivity index (χ0) is 21.7. The molecule has 5 nitrogen and oxygen atoms in total. The Bertz CT molecular complexity index is 1040. The molecule has 1 aliphatic heterocycles. The number of hydrogen-bond donors (Lipinski definition) is 0. The highest BCUT2D eigenvalue weighted by Gasteiger charge is 2.35. The molecular formula is C24H26N2O3S2. The van der Waals surface area contributed by atoms with E-state index in [1.807, 2.05) is 65.6 Å². The number of sulfonamides is 1. The van der Waals surface area contributed by atoms with Crippen molar-refractivity contribution >= 4 is 27.3 Å². The molecule has 1 aliphatic rings. The van der Waals surface area contributed by atoms with Crippen molar-refractivity contribution < 1.29 is 13.2 Å². The summed E-state index contributed by atoms with van der Waals surface area (Å²) in [5.74, 6) is -0.324. The van der Waals surface area contributed by atoms with Crippen LogP contribution in [0.4, 0.5) is 0 Å². The van der Waals surface area contributed by atoms with Crippen LogP contribution in [0.25, 0.3) is 0 Å². The lowest BCUT2D eigenvalue weighted by Gasteiger charge is -2.34. The van der Waals surface area contributed by atoms with Crippen molar-refractivity contribution in [1.82, 2.24) is 9.21 Å². The number of carbonyl (C=O) groups excluding carboxylic acids is 1. The van der Waals surface area contributed by atoms with E-state index in [1.54, 1.807) is 17.5 Å². The maximum absolute atomic E-state index is 13.6. The average molecular weight is 455 g/mol. The van der Waals surface area contributed by atoms with Gasteiger partial charge in [0.25, 0.3) is 10.0 Å². The molecule has 1 atom stereocenters. The first kappa shape index (κ1) is 21.7. The summed E-state index contributed by atoms with van der Waals surface area (Å²) in [4.78, 5) is 15.4. The Morgan fingerprint density at radius 1 is 0.935 bits per heavy atom. The molecule has 0 bridgehead atoms. The Kier molecular flexibility index (Phi) is 6.85. The third kappa shape index (κ3) is 5.23. The fourth-order valence-corrected chi connectivity index (χ4v) is 6.65. The van der Waals surface area contributed by atoms with Crippen LogP contribution in [0.3, 0.4) is 0 Å². The highest BCUT2D eigenvalue weighted by Crippen LogP contribution is 2.28. The van der Waals surface area contributed by atoms with Gasteiger partial charge in [-0.05, 0) is 35.4 Å². The van der Waals surface area contributed by atoms with Crippen LogP contribution in [-0.2, 0) is 27.9 Å². The predicted molar refractivity (Wildman–Crippen MR) is 123 cm³/mol. The van der Waals surface area contributed by atoms with Gasteiger partial charge in [0.05, 0.1) is 5.92 Å². The van der Waals surface area contributed by atoms with Crippen LogP contribution in [0, 0.1) is 5.92 Å². The topological polar surface area (TPSA) is 57.7 Å². The number of hydrogen-bond acceptors (Lipinski definition) is 4. The minimum absolute atomic E-state index is 0.0128. The van der Waals surface area contributed by atoms with Crippen molar-refractivity contribution in [2.45, 2.75) is 30.1 Å². The first-order valence-corrected chi connectivity index (χ1v) is 12.8. The van der Waals surface area contributed by atoms with Crippen LogP contribution in [0.2, 0.25) is 0 Å². The number of piperidine rings is 1. The van der Waals surface area contributed by atoms with E-state index in [0.717, 1.165) is 11.1 Å². The standard InChI is InChI=1S/C24H26N2O3S2/c27-24(22-13-7-15-26(19-22)31(28,29)23-14-8-16-30-23)25(17-20-9-3-1-4-10-20)18-21-11-5-2-6-12-21/h1-6,8-12,14,16,22H,7,13,15,17-19H2/t22-/m0/s1. The van der Waals surface area contributed by atoms with Crippen molar-refractivity contribution in [2.75, 3.05) is 13.1 Å². The van der Waals surface area contributed by atoms with E-state index in [0.29, 0.717) is 36.7 Å². The molecule has 31 heavy (non-hydrogen) atoms. The second-order valence-electron chi connectivity index (χ2n) is 7.80. The van der Waals surface area contributed by atoms with E-state index in [9.17, 15) is 13.2 Å². The predicted octanol–water partition coefficient (Wildman–Crippen LogP) is 4.38. The number of nitrogens with zero attached hydrogens (tertiary/aromatic N) is 2. The minimum Gasteiger partial charge on any atom is -0.334 e. The molecule has 1 amide bonds. The summed E-state index contributed by atoms with van der Waals surface area (Å²) in [5, 5.41) is 1.76. The zero-order valence-corrected chi connectivity index (χ0v) is 18.9. The Labute approximate surface area is 188 Å². The number of rotatable bonds is 7. The molecule has 162 valence electrons. The Hall–Kier alpha value is -2.48. The average Bonchev–Trinajstić information content (AvgIpc) is 3.36. The van der Waals surface area contributed by atoms with Crippen molar-refractivity contribution in [2.24, 2.45) is 5.92 Å². The van der Waals surface area contributed by atoms with Gasteiger partial charge in [-0.2, -0.15) is 4.31 Å². The summed E-state index contributed by atoms with van der Waals surface area (Å²) in [6, 6.07) is 23.2. The van der Waals surface area contributed by atoms with Crippen molar-refractivity contribution in [3.05, 3.63) is 89.3 Å². The molecule has 7 heteroatoms. The van der Waals surface area contributed by atoms with Gasteiger partial charge in [-0.1, -0.05) is 66.7 Å². The second kappa shape index (κ2) is 9.77. The molecule has 1 aromatic heterocycles. The molecule has 0 aliphatic carbocycles. The number of thiophene rings is 1. The third-order valence-electron chi connectivity index (χ3n) is 5.57. The van der Waals surface area contributed by atoms with Crippen LogP contribution < -0.4 is 0 Å². The Balaban J connectivity index is 1.54. The van der Waals surface area contributed by atoms with Gasteiger partial charge in [-0.3, -0.25) is 4.79 Å². The fourth-order valence-electron chi connectivity index (χ4n) is 3.98. The maximum atomic E-state index is 13.6. The quantitative estimate of drug-likeness (QED) is 0.532. The monoisotopic (exact) mass is 454 g/mol. The molecule has 4 rings (SSSR count). The molecular weight excluding hydrogens is 428 g/mol. The van der Waals surface area contributed by atoms with Crippen LogP contribution in [0.1, 0.15) is 24.0 Å². The molecule has 0 radical (unpaired) electrons. The zero-order valence-electron chi connectivity index (χ0n) is 17.3. The van der Waals surface area contributed by atoms with E-state index < -0.39 is 10.0 Å². The lowest BCUT2D eigenvalue weighted by atomic mass is 9.97. The molecule has 0 unspecified atom stereocenters. The number of amides is 1. The SMILES string of the molecule is O=C([C@H]1CCCN(S(=O)(=O)c2cccs2)C1)N(Cc1ccccc1)Cc1ccccc1. The summed E-state index contributed by atoms with van der Waals surface area (Å²) < 4.78 is 27.8. The second-order valence-corrected chi connectivity index (χ2v) is 10.9. The van der Waals surface area contributed by atoms with Crippen LogP contribution in [0.5, 0.6) is 0 Å². The number of benzene rings is 2. The summed E-state index contributed by atoms with van der Waals surface area (Å²) in [5.41, 5.74) is 2.12. The molecule has 1 fully saturated rings. The van der Waals surface area contributed by atoms with Crippen molar-refractivity contribution in [1.29, 1.82) is 0 Å². The van der Waals surface area contributed by atoms with Gasteiger partial charge in [-0.15, -0.1) is 11.3 Å². The number of carbonyl (C=O) groups is 1. The fraction of sp³-hybridized carbons (Fsp3) is 0.292. The Morgan fingerprint density at radius 3 is 2.10 bits per heavy atom. The van der Waals surface area contributed by atoms with Gasteiger partial charge in [0.2, 0.25) is 5.91 Å². The molecule has 0 spiro atoms. The van der Waals surface area contributed by atoms with E-state index in [4.69, 9.17) is 0 Å². The van der Waals surface area contributed by atoms with E-state index >= 15 is 0 Å². The maximum Gasteiger partial charge on any atom is 0.252 e. The Morgan fingerprint density at radius 2 is 1.55 bits per heavy atom. The molecule has 3 aromatic rings. The van der Waals surface area contributed by atoms with E-state index in [1.165, 1.54) is 15.6 Å². The van der Waals surface area contributed by atoms with Gasteiger partial charge in [-0.25, -0.2) is 8.42 Å². The molecule has 0 saturated carbocycles. The van der Waals surface area contributed by atoms with Crippen LogP contribution >= 0.6 is 11.3 Å². The van der Waals surface area contributed by atoms with Gasteiger partial charge in [0, 0.05) is 26.2 Å². The third-order valence-corrected chi connectivity index (χ3v) is 8.80. The van der Waals surface area contributed by atoms with Gasteiger partial charge >= 0.3 is 0 Å². The molecule has 2 heterocycles. The van der Waals surface area contributed by atoms with Crippen LogP contribution in [0.15, 0.2) is 82.4 Å². The molecule has 2 aromatic carbocycles.